The maximum absolute atomic E-state index is 5.51. The third-order valence-electron chi connectivity index (χ3n) is 4.00. The second kappa shape index (κ2) is 4.18. The zero-order valence-corrected chi connectivity index (χ0v) is 9.56. The fourth-order valence-electron chi connectivity index (χ4n) is 3.21. The average Bonchev–Trinajstić information content (AvgIpc) is 2.92. The normalized spacial score (nSPS) is 29.8. The second-order valence-electron chi connectivity index (χ2n) is 5.13. The highest BCUT2D eigenvalue weighted by Crippen LogP contribution is 2.38. The summed E-state index contributed by atoms with van der Waals surface area (Å²) in [5.74, 6) is 2.84. The lowest BCUT2D eigenvalue weighted by Gasteiger charge is -2.13. The minimum absolute atomic E-state index is 0.467. The highest BCUT2D eigenvalue weighted by molar-refractivity contribution is 5.05. The van der Waals surface area contributed by atoms with Crippen molar-refractivity contribution in [1.82, 2.24) is 10.1 Å². The fraction of sp³-hybridized carbons (Fsp3) is 0.750. The molecule has 2 atom stereocenters. The fourth-order valence-corrected chi connectivity index (χ4v) is 3.21. The summed E-state index contributed by atoms with van der Waals surface area (Å²) in [6.07, 6.45) is 4.28. The van der Waals surface area contributed by atoms with Gasteiger partial charge in [0.25, 0.3) is 0 Å². The first-order chi connectivity index (χ1) is 7.85. The van der Waals surface area contributed by atoms with Crippen LogP contribution in [0.4, 0.5) is 0 Å². The third-order valence-corrected chi connectivity index (χ3v) is 4.00. The molecule has 1 aliphatic carbocycles. The Morgan fingerprint density at radius 3 is 2.75 bits per heavy atom. The number of hydrogen-bond acceptors (Lipinski definition) is 4. The van der Waals surface area contributed by atoms with Crippen LogP contribution in [0.15, 0.2) is 10.6 Å². The summed E-state index contributed by atoms with van der Waals surface area (Å²) in [6.45, 7) is 3.85. The van der Waals surface area contributed by atoms with Gasteiger partial charge in [-0.25, -0.2) is 0 Å². The maximum atomic E-state index is 5.51. The van der Waals surface area contributed by atoms with E-state index >= 15 is 0 Å². The number of nitrogens with two attached hydrogens (primary N) is 1. The first-order valence-corrected chi connectivity index (χ1v) is 6.22. The standard InChI is InChI=1S/C12H19N3O/c13-5-11-4-12(16-14-11)8-15-6-9-2-1-3-10(9)7-15/h4,9-10H,1-3,5-8,13H2. The van der Waals surface area contributed by atoms with E-state index in [2.05, 4.69) is 10.1 Å². The number of aromatic nitrogens is 1. The highest BCUT2D eigenvalue weighted by Gasteiger charge is 2.36. The first kappa shape index (κ1) is 10.3. The lowest BCUT2D eigenvalue weighted by molar-refractivity contribution is 0.257. The van der Waals surface area contributed by atoms with Crippen molar-refractivity contribution >= 4 is 0 Å². The van der Waals surface area contributed by atoms with Crippen molar-refractivity contribution in [2.45, 2.75) is 32.4 Å². The minimum atomic E-state index is 0.467. The molecule has 1 aliphatic heterocycles. The summed E-state index contributed by atoms with van der Waals surface area (Å²) in [4.78, 5) is 2.50. The number of rotatable bonds is 3. The smallest absolute Gasteiger partial charge is 0.151 e. The topological polar surface area (TPSA) is 55.3 Å². The number of likely N-dealkylation sites (tertiary alicyclic amines) is 1. The second-order valence-corrected chi connectivity index (χ2v) is 5.13. The van der Waals surface area contributed by atoms with Crippen LogP contribution in [0.1, 0.15) is 30.7 Å². The van der Waals surface area contributed by atoms with Gasteiger partial charge in [0, 0.05) is 25.7 Å². The molecule has 3 rings (SSSR count). The van der Waals surface area contributed by atoms with E-state index in [0.717, 1.165) is 29.8 Å². The predicted molar refractivity (Wildman–Crippen MR) is 60.5 cm³/mol. The highest BCUT2D eigenvalue weighted by atomic mass is 16.5. The van der Waals surface area contributed by atoms with Gasteiger partial charge in [-0.1, -0.05) is 11.6 Å². The Bertz CT molecular complexity index is 351. The van der Waals surface area contributed by atoms with Gasteiger partial charge in [-0.15, -0.1) is 0 Å². The molecule has 0 bridgehead atoms. The van der Waals surface area contributed by atoms with Gasteiger partial charge in [0.05, 0.1) is 12.2 Å². The van der Waals surface area contributed by atoms with Gasteiger partial charge in [0.2, 0.25) is 0 Å². The van der Waals surface area contributed by atoms with Crippen molar-refractivity contribution in [3.05, 3.63) is 17.5 Å². The molecule has 2 N–H and O–H groups in total. The Hall–Kier alpha value is -0.870. The Kier molecular flexibility index (Phi) is 2.69. The van der Waals surface area contributed by atoms with E-state index in [1.165, 1.54) is 32.4 Å². The van der Waals surface area contributed by atoms with Crippen molar-refractivity contribution in [2.75, 3.05) is 13.1 Å². The molecule has 88 valence electrons. The van der Waals surface area contributed by atoms with Gasteiger partial charge in [-0.05, 0) is 24.7 Å². The molecule has 0 spiro atoms. The minimum Gasteiger partial charge on any atom is -0.360 e. The molecule has 0 aromatic carbocycles. The molecular weight excluding hydrogens is 202 g/mol. The van der Waals surface area contributed by atoms with Gasteiger partial charge >= 0.3 is 0 Å². The summed E-state index contributed by atoms with van der Waals surface area (Å²) in [7, 11) is 0. The zero-order valence-electron chi connectivity index (χ0n) is 9.56. The largest absolute Gasteiger partial charge is 0.360 e. The molecule has 1 saturated heterocycles. The van der Waals surface area contributed by atoms with E-state index < -0.39 is 0 Å². The molecule has 2 heterocycles. The van der Waals surface area contributed by atoms with Crippen molar-refractivity contribution in [2.24, 2.45) is 17.6 Å². The Morgan fingerprint density at radius 2 is 2.12 bits per heavy atom. The molecular formula is C12H19N3O. The van der Waals surface area contributed by atoms with Crippen LogP contribution in [0, 0.1) is 11.8 Å². The molecule has 0 radical (unpaired) electrons. The zero-order chi connectivity index (χ0) is 11.0. The molecule has 2 unspecified atom stereocenters. The van der Waals surface area contributed by atoms with Crippen LogP contribution >= 0.6 is 0 Å². The van der Waals surface area contributed by atoms with E-state index in [0.29, 0.717) is 6.54 Å². The Morgan fingerprint density at radius 1 is 1.38 bits per heavy atom. The summed E-state index contributed by atoms with van der Waals surface area (Å²) in [5, 5.41) is 3.92. The summed E-state index contributed by atoms with van der Waals surface area (Å²) < 4.78 is 5.27. The van der Waals surface area contributed by atoms with Crippen molar-refractivity contribution < 1.29 is 4.52 Å². The van der Waals surface area contributed by atoms with E-state index in [9.17, 15) is 0 Å². The van der Waals surface area contributed by atoms with Gasteiger partial charge in [0.1, 0.15) is 0 Å². The molecule has 4 nitrogen and oxygen atoms in total. The molecule has 1 aromatic rings. The number of nitrogens with zero attached hydrogens (tertiary/aromatic N) is 2. The summed E-state index contributed by atoms with van der Waals surface area (Å²) >= 11 is 0. The first-order valence-electron chi connectivity index (χ1n) is 6.22. The van der Waals surface area contributed by atoms with Gasteiger partial charge in [-0.2, -0.15) is 0 Å². The molecule has 2 fully saturated rings. The molecule has 0 amide bonds. The molecule has 2 aliphatic rings. The van der Waals surface area contributed by atoms with Gasteiger partial charge in [0.15, 0.2) is 5.76 Å². The lowest BCUT2D eigenvalue weighted by atomic mass is 10.0. The van der Waals surface area contributed by atoms with Crippen LogP contribution in [-0.4, -0.2) is 23.1 Å². The van der Waals surface area contributed by atoms with E-state index in [1.807, 2.05) is 6.07 Å². The van der Waals surface area contributed by atoms with Gasteiger partial charge in [-0.3, -0.25) is 4.90 Å². The predicted octanol–water partition coefficient (Wildman–Crippen LogP) is 1.37. The monoisotopic (exact) mass is 221 g/mol. The molecule has 16 heavy (non-hydrogen) atoms. The number of fused-ring (bicyclic) bond motifs is 1. The van der Waals surface area contributed by atoms with Crippen molar-refractivity contribution in [3.63, 3.8) is 0 Å². The Balaban J connectivity index is 1.59. The quantitative estimate of drug-likeness (QED) is 0.837. The summed E-state index contributed by atoms with van der Waals surface area (Å²) in [6, 6.07) is 1.98. The Labute approximate surface area is 95.8 Å². The average molecular weight is 221 g/mol. The van der Waals surface area contributed by atoms with Crippen LogP contribution < -0.4 is 5.73 Å². The summed E-state index contributed by atoms with van der Waals surface area (Å²) in [5.41, 5.74) is 6.37. The van der Waals surface area contributed by atoms with E-state index in [1.54, 1.807) is 0 Å². The molecule has 1 saturated carbocycles. The molecule has 4 heteroatoms. The van der Waals surface area contributed by atoms with Crippen LogP contribution in [0.2, 0.25) is 0 Å². The van der Waals surface area contributed by atoms with E-state index in [4.69, 9.17) is 10.3 Å². The maximum Gasteiger partial charge on any atom is 0.151 e. The van der Waals surface area contributed by atoms with Gasteiger partial charge < -0.3 is 10.3 Å². The lowest BCUT2D eigenvalue weighted by Crippen LogP contribution is -2.20. The van der Waals surface area contributed by atoms with Crippen LogP contribution in [0.5, 0.6) is 0 Å². The number of hydrogen-bond donors (Lipinski definition) is 1. The van der Waals surface area contributed by atoms with Crippen molar-refractivity contribution in [3.8, 4) is 0 Å². The van der Waals surface area contributed by atoms with Crippen LogP contribution in [0.3, 0.4) is 0 Å². The van der Waals surface area contributed by atoms with Crippen LogP contribution in [-0.2, 0) is 13.1 Å². The molecule has 1 aromatic heterocycles. The third kappa shape index (κ3) is 1.87. The van der Waals surface area contributed by atoms with Crippen molar-refractivity contribution in [1.29, 1.82) is 0 Å². The van der Waals surface area contributed by atoms with Crippen LogP contribution in [0.25, 0.3) is 0 Å². The van der Waals surface area contributed by atoms with E-state index in [-0.39, 0.29) is 0 Å². The SMILES string of the molecule is NCc1cc(CN2CC3CCCC3C2)on1.